The predicted molar refractivity (Wildman–Crippen MR) is 83.7 cm³/mol. The molecule has 1 aromatic carbocycles. The van der Waals surface area contributed by atoms with E-state index in [1.807, 2.05) is 6.20 Å². The zero-order chi connectivity index (χ0) is 13.8. The van der Waals surface area contributed by atoms with Crippen LogP contribution in [0.15, 0.2) is 24.4 Å². The van der Waals surface area contributed by atoms with Gasteiger partial charge < -0.3 is 10.1 Å². The normalized spacial score (nSPS) is 13.8. The zero-order valence-corrected chi connectivity index (χ0v) is 12.6. The second-order valence-electron chi connectivity index (χ2n) is 5.09. The summed E-state index contributed by atoms with van der Waals surface area (Å²) in [5.41, 5.74) is 2.96. The van der Waals surface area contributed by atoms with Crippen LogP contribution in [0.3, 0.4) is 0 Å². The smallest absolute Gasteiger partial charge is 0.182 e. The van der Waals surface area contributed by atoms with E-state index in [4.69, 9.17) is 4.74 Å². The summed E-state index contributed by atoms with van der Waals surface area (Å²) in [6, 6.07) is 6.53. The predicted octanol–water partition coefficient (Wildman–Crippen LogP) is 4.03. The maximum Gasteiger partial charge on any atom is 0.182 e. The quantitative estimate of drug-likeness (QED) is 0.902. The number of thiazole rings is 1. The van der Waals surface area contributed by atoms with Crippen LogP contribution in [0.4, 0.5) is 5.13 Å². The summed E-state index contributed by atoms with van der Waals surface area (Å²) in [5.74, 6) is 0.976. The molecular formula is C16H20N2OS. The van der Waals surface area contributed by atoms with Gasteiger partial charge in [0.1, 0.15) is 12.4 Å². The number of ether oxygens (including phenoxy) is 1. The molecule has 3 rings (SSSR count). The Labute approximate surface area is 124 Å². The van der Waals surface area contributed by atoms with Crippen molar-refractivity contribution in [2.45, 2.75) is 39.2 Å². The van der Waals surface area contributed by atoms with Gasteiger partial charge in [-0.05, 0) is 55.9 Å². The average Bonchev–Trinajstić information content (AvgIpc) is 2.93. The fraction of sp³-hybridized carbons (Fsp3) is 0.438. The molecule has 1 N–H and O–H groups in total. The molecule has 1 aromatic heterocycles. The molecule has 0 radical (unpaired) electrons. The molecule has 4 heteroatoms. The maximum absolute atomic E-state index is 5.89. The molecule has 0 saturated heterocycles. The van der Waals surface area contributed by atoms with Gasteiger partial charge in [-0.15, -0.1) is 0 Å². The molecule has 3 nitrogen and oxygen atoms in total. The van der Waals surface area contributed by atoms with Crippen molar-refractivity contribution in [1.82, 2.24) is 4.98 Å². The van der Waals surface area contributed by atoms with E-state index >= 15 is 0 Å². The van der Waals surface area contributed by atoms with Crippen molar-refractivity contribution in [2.75, 3.05) is 11.9 Å². The first-order valence-corrected chi connectivity index (χ1v) is 8.10. The molecule has 2 aromatic rings. The van der Waals surface area contributed by atoms with Crippen molar-refractivity contribution >= 4 is 16.5 Å². The van der Waals surface area contributed by atoms with Gasteiger partial charge in [0.05, 0.1) is 4.88 Å². The van der Waals surface area contributed by atoms with Crippen molar-refractivity contribution in [1.29, 1.82) is 0 Å². The van der Waals surface area contributed by atoms with E-state index in [2.05, 4.69) is 35.4 Å². The lowest BCUT2D eigenvalue weighted by atomic mass is 9.92. The summed E-state index contributed by atoms with van der Waals surface area (Å²) < 4.78 is 5.89. The van der Waals surface area contributed by atoms with Crippen molar-refractivity contribution < 1.29 is 4.74 Å². The summed E-state index contributed by atoms with van der Waals surface area (Å²) in [5, 5.41) is 4.19. The van der Waals surface area contributed by atoms with Crippen molar-refractivity contribution in [2.24, 2.45) is 0 Å². The van der Waals surface area contributed by atoms with E-state index in [-0.39, 0.29) is 0 Å². The second kappa shape index (κ2) is 6.27. The molecule has 0 spiro atoms. The minimum absolute atomic E-state index is 0.599. The number of anilines is 1. The molecular weight excluding hydrogens is 268 g/mol. The summed E-state index contributed by atoms with van der Waals surface area (Å²) in [6.07, 6.45) is 6.92. The summed E-state index contributed by atoms with van der Waals surface area (Å²) in [6.45, 7) is 3.57. The summed E-state index contributed by atoms with van der Waals surface area (Å²) >= 11 is 1.66. The molecule has 0 aliphatic heterocycles. The molecule has 1 aliphatic rings. The van der Waals surface area contributed by atoms with Crippen LogP contribution in [0.2, 0.25) is 0 Å². The molecule has 0 unspecified atom stereocenters. The number of benzene rings is 1. The van der Waals surface area contributed by atoms with E-state index in [0.717, 1.165) is 22.3 Å². The molecule has 1 heterocycles. The lowest BCUT2D eigenvalue weighted by Gasteiger charge is -2.16. The Morgan fingerprint density at radius 1 is 1.25 bits per heavy atom. The third kappa shape index (κ3) is 3.12. The average molecular weight is 288 g/mol. The Bertz CT molecular complexity index is 580. The van der Waals surface area contributed by atoms with E-state index < -0.39 is 0 Å². The number of rotatable bonds is 5. The first kappa shape index (κ1) is 13.4. The molecule has 0 bridgehead atoms. The van der Waals surface area contributed by atoms with Crippen molar-refractivity contribution in [3.05, 3.63) is 40.4 Å². The number of hydrogen-bond donors (Lipinski definition) is 1. The molecule has 0 saturated carbocycles. The maximum atomic E-state index is 5.89. The van der Waals surface area contributed by atoms with Gasteiger partial charge in [0.2, 0.25) is 0 Å². The molecule has 0 amide bonds. The highest BCUT2D eigenvalue weighted by molar-refractivity contribution is 7.15. The number of fused-ring (bicyclic) bond motifs is 1. The fourth-order valence-electron chi connectivity index (χ4n) is 2.56. The second-order valence-corrected chi connectivity index (χ2v) is 6.20. The fourth-order valence-corrected chi connectivity index (χ4v) is 3.35. The highest BCUT2D eigenvalue weighted by atomic mass is 32.1. The molecule has 1 aliphatic carbocycles. The first-order valence-electron chi connectivity index (χ1n) is 7.28. The standard InChI is InChI=1S/C16H20N2OS/c1-2-17-16-18-10-15(20-16)11-19-14-8-7-12-5-3-4-6-13(12)9-14/h7-10H,2-6,11H2,1H3,(H,17,18). The van der Waals surface area contributed by atoms with E-state index in [1.54, 1.807) is 11.3 Å². The van der Waals surface area contributed by atoms with E-state index in [0.29, 0.717) is 6.61 Å². The minimum Gasteiger partial charge on any atom is -0.488 e. The minimum atomic E-state index is 0.599. The number of nitrogens with zero attached hydrogens (tertiary/aromatic N) is 1. The molecule has 20 heavy (non-hydrogen) atoms. The van der Waals surface area contributed by atoms with E-state index in [9.17, 15) is 0 Å². The Morgan fingerprint density at radius 3 is 2.95 bits per heavy atom. The number of aromatic nitrogens is 1. The largest absolute Gasteiger partial charge is 0.488 e. The summed E-state index contributed by atoms with van der Waals surface area (Å²) in [4.78, 5) is 5.47. The van der Waals surface area contributed by atoms with Gasteiger partial charge in [-0.1, -0.05) is 17.4 Å². The summed E-state index contributed by atoms with van der Waals surface area (Å²) in [7, 11) is 0. The lowest BCUT2D eigenvalue weighted by Crippen LogP contribution is -2.03. The van der Waals surface area contributed by atoms with Crippen LogP contribution >= 0.6 is 11.3 Å². The SMILES string of the molecule is CCNc1ncc(COc2ccc3c(c2)CCCC3)s1. The van der Waals surface area contributed by atoms with Gasteiger partial charge in [-0.2, -0.15) is 0 Å². The molecule has 0 atom stereocenters. The van der Waals surface area contributed by atoms with Crippen molar-refractivity contribution in [3.63, 3.8) is 0 Å². The van der Waals surface area contributed by atoms with Crippen LogP contribution in [0.5, 0.6) is 5.75 Å². The van der Waals surface area contributed by atoms with Gasteiger partial charge in [-0.25, -0.2) is 4.98 Å². The monoisotopic (exact) mass is 288 g/mol. The third-order valence-corrected chi connectivity index (χ3v) is 4.51. The van der Waals surface area contributed by atoms with Gasteiger partial charge in [0.25, 0.3) is 0 Å². The zero-order valence-electron chi connectivity index (χ0n) is 11.8. The Hall–Kier alpha value is -1.55. The Morgan fingerprint density at radius 2 is 2.10 bits per heavy atom. The molecule has 106 valence electrons. The Kier molecular flexibility index (Phi) is 4.21. The van der Waals surface area contributed by atoms with Gasteiger partial charge in [0.15, 0.2) is 5.13 Å². The number of hydrogen-bond acceptors (Lipinski definition) is 4. The van der Waals surface area contributed by atoms with Crippen LogP contribution in [0.1, 0.15) is 35.8 Å². The van der Waals surface area contributed by atoms with Crippen LogP contribution in [0, 0.1) is 0 Å². The Balaban J connectivity index is 1.62. The first-order chi connectivity index (χ1) is 9.85. The highest BCUT2D eigenvalue weighted by Crippen LogP contribution is 2.26. The van der Waals surface area contributed by atoms with Gasteiger partial charge >= 0.3 is 0 Å². The van der Waals surface area contributed by atoms with Crippen LogP contribution < -0.4 is 10.1 Å². The topological polar surface area (TPSA) is 34.2 Å². The van der Waals surface area contributed by atoms with Gasteiger partial charge in [-0.3, -0.25) is 0 Å². The third-order valence-electron chi connectivity index (χ3n) is 3.58. The van der Waals surface area contributed by atoms with Crippen LogP contribution in [-0.4, -0.2) is 11.5 Å². The van der Waals surface area contributed by atoms with E-state index in [1.165, 1.54) is 36.8 Å². The number of nitrogens with one attached hydrogen (secondary N) is 1. The van der Waals surface area contributed by atoms with Crippen LogP contribution in [-0.2, 0) is 19.4 Å². The van der Waals surface area contributed by atoms with Gasteiger partial charge in [0, 0.05) is 12.7 Å². The van der Waals surface area contributed by atoms with Crippen molar-refractivity contribution in [3.8, 4) is 5.75 Å². The highest BCUT2D eigenvalue weighted by Gasteiger charge is 2.10. The molecule has 0 fully saturated rings. The van der Waals surface area contributed by atoms with Crippen LogP contribution in [0.25, 0.3) is 0 Å². The number of aryl methyl sites for hydroxylation is 2. The lowest BCUT2D eigenvalue weighted by molar-refractivity contribution is 0.309.